The monoisotopic (exact) mass is 142 g/mol. The van der Waals surface area contributed by atoms with E-state index in [0.29, 0.717) is 13.0 Å². The van der Waals surface area contributed by atoms with Gasteiger partial charge in [0.05, 0.1) is 0 Å². The predicted molar refractivity (Wildman–Crippen MR) is 40.9 cm³/mol. The molecule has 2 nitrogen and oxygen atoms in total. The van der Waals surface area contributed by atoms with E-state index in [1.54, 1.807) is 19.3 Å². The summed E-state index contributed by atoms with van der Waals surface area (Å²) in [5.74, 6) is 0.180. The Hall–Kier alpha value is -0.630. The fourth-order valence-electron chi connectivity index (χ4n) is 0.660. The van der Waals surface area contributed by atoms with E-state index in [1.807, 2.05) is 6.92 Å². The maximum Gasteiger partial charge on any atom is 0.155 e. The van der Waals surface area contributed by atoms with Crippen LogP contribution in [-0.2, 0) is 9.53 Å². The van der Waals surface area contributed by atoms with Gasteiger partial charge in [-0.3, -0.25) is 4.79 Å². The summed E-state index contributed by atoms with van der Waals surface area (Å²) in [7, 11) is 1.64. The lowest BCUT2D eigenvalue weighted by atomic mass is 10.2. The van der Waals surface area contributed by atoms with Gasteiger partial charge in [-0.2, -0.15) is 0 Å². The number of allylic oxidation sites excluding steroid dienone is 2. The van der Waals surface area contributed by atoms with Crippen LogP contribution in [0.15, 0.2) is 12.2 Å². The van der Waals surface area contributed by atoms with Gasteiger partial charge in [-0.05, 0) is 19.4 Å². The quantitative estimate of drug-likeness (QED) is 0.430. The molecule has 0 spiro atoms. The average molecular weight is 142 g/mol. The predicted octanol–water partition coefficient (Wildman–Crippen LogP) is 1.56. The number of hydrogen-bond donors (Lipinski definition) is 0. The van der Waals surface area contributed by atoms with Crippen LogP contribution in [0.1, 0.15) is 19.8 Å². The second kappa shape index (κ2) is 6.49. The summed E-state index contributed by atoms with van der Waals surface area (Å²) < 4.78 is 4.79. The number of hydrogen-bond acceptors (Lipinski definition) is 2. The summed E-state index contributed by atoms with van der Waals surface area (Å²) >= 11 is 0. The molecule has 0 aliphatic heterocycles. The van der Waals surface area contributed by atoms with Gasteiger partial charge in [0.2, 0.25) is 0 Å². The Kier molecular flexibility index (Phi) is 6.08. The first kappa shape index (κ1) is 9.37. The van der Waals surface area contributed by atoms with Crippen molar-refractivity contribution in [3.05, 3.63) is 12.2 Å². The third kappa shape index (κ3) is 5.51. The minimum Gasteiger partial charge on any atom is -0.385 e. The molecule has 0 aromatic rings. The number of carbonyl (C=O) groups is 1. The van der Waals surface area contributed by atoms with Gasteiger partial charge >= 0.3 is 0 Å². The summed E-state index contributed by atoms with van der Waals surface area (Å²) in [6.07, 6.45) is 4.77. The van der Waals surface area contributed by atoms with Gasteiger partial charge in [-0.1, -0.05) is 6.08 Å². The number of ether oxygens (including phenoxy) is 1. The molecule has 0 aromatic carbocycles. The van der Waals surface area contributed by atoms with Crippen molar-refractivity contribution in [3.8, 4) is 0 Å². The van der Waals surface area contributed by atoms with Crippen LogP contribution in [0.25, 0.3) is 0 Å². The minimum absolute atomic E-state index is 0.180. The Labute approximate surface area is 61.9 Å². The first-order valence-corrected chi connectivity index (χ1v) is 3.45. The molecule has 0 rings (SSSR count). The smallest absolute Gasteiger partial charge is 0.155 e. The molecule has 0 atom stereocenters. The second-order valence-electron chi connectivity index (χ2n) is 2.06. The normalized spacial score (nSPS) is 10.6. The Morgan fingerprint density at radius 2 is 2.30 bits per heavy atom. The molecule has 0 fully saturated rings. The van der Waals surface area contributed by atoms with Gasteiger partial charge in [0.25, 0.3) is 0 Å². The molecule has 0 N–H and O–H groups in total. The summed E-state index contributed by atoms with van der Waals surface area (Å²) in [4.78, 5) is 10.8. The first-order chi connectivity index (χ1) is 4.81. The van der Waals surface area contributed by atoms with E-state index in [0.717, 1.165) is 6.42 Å². The molecule has 0 saturated heterocycles. The maximum atomic E-state index is 10.8. The third-order valence-corrected chi connectivity index (χ3v) is 1.12. The van der Waals surface area contributed by atoms with E-state index in [4.69, 9.17) is 4.74 Å². The lowest BCUT2D eigenvalue weighted by Gasteiger charge is -1.93. The van der Waals surface area contributed by atoms with Crippen LogP contribution in [-0.4, -0.2) is 19.5 Å². The molecule has 10 heavy (non-hydrogen) atoms. The largest absolute Gasteiger partial charge is 0.385 e. The molecule has 0 amide bonds. The van der Waals surface area contributed by atoms with Gasteiger partial charge in [0.15, 0.2) is 5.78 Å². The van der Waals surface area contributed by atoms with Crippen LogP contribution in [0.4, 0.5) is 0 Å². The van der Waals surface area contributed by atoms with Crippen LogP contribution in [0.3, 0.4) is 0 Å². The zero-order valence-electron chi connectivity index (χ0n) is 6.59. The molecule has 0 radical (unpaired) electrons. The van der Waals surface area contributed by atoms with Crippen LogP contribution < -0.4 is 0 Å². The molecule has 0 aromatic heterocycles. The van der Waals surface area contributed by atoms with E-state index in [2.05, 4.69) is 0 Å². The number of rotatable bonds is 5. The fraction of sp³-hybridized carbons (Fsp3) is 0.625. The molecule has 58 valence electrons. The van der Waals surface area contributed by atoms with Crippen LogP contribution >= 0.6 is 0 Å². The molecular weight excluding hydrogens is 128 g/mol. The van der Waals surface area contributed by atoms with Crippen molar-refractivity contribution < 1.29 is 9.53 Å². The highest BCUT2D eigenvalue weighted by molar-refractivity contribution is 5.89. The van der Waals surface area contributed by atoms with Crippen LogP contribution in [0, 0.1) is 0 Å². The van der Waals surface area contributed by atoms with Crippen molar-refractivity contribution >= 4 is 5.78 Å². The molecule has 0 bridgehead atoms. The van der Waals surface area contributed by atoms with Gasteiger partial charge < -0.3 is 4.74 Å². The van der Waals surface area contributed by atoms with Crippen molar-refractivity contribution in [2.75, 3.05) is 13.7 Å². The summed E-state index contributed by atoms with van der Waals surface area (Å²) in [6, 6.07) is 0. The molecule has 0 aliphatic carbocycles. The van der Waals surface area contributed by atoms with E-state index >= 15 is 0 Å². The Bertz CT molecular complexity index is 116. The van der Waals surface area contributed by atoms with E-state index in [1.165, 1.54) is 0 Å². The highest BCUT2D eigenvalue weighted by Gasteiger charge is 1.93. The standard InChI is InChI=1S/C8H14O2/c1-3-5-8(9)6-4-7-10-2/h3,5H,4,6-7H2,1-2H3/b5-3+. The average Bonchev–Trinajstić information content (AvgIpc) is 1.89. The van der Waals surface area contributed by atoms with E-state index in [-0.39, 0.29) is 5.78 Å². The highest BCUT2D eigenvalue weighted by atomic mass is 16.5. The second-order valence-corrected chi connectivity index (χ2v) is 2.06. The van der Waals surface area contributed by atoms with Gasteiger partial charge in [-0.15, -0.1) is 0 Å². The Balaban J connectivity index is 3.22. The zero-order chi connectivity index (χ0) is 7.82. The Morgan fingerprint density at radius 1 is 1.60 bits per heavy atom. The van der Waals surface area contributed by atoms with Crippen molar-refractivity contribution in [2.24, 2.45) is 0 Å². The fourth-order valence-corrected chi connectivity index (χ4v) is 0.660. The minimum atomic E-state index is 0.180. The van der Waals surface area contributed by atoms with E-state index < -0.39 is 0 Å². The zero-order valence-corrected chi connectivity index (χ0v) is 6.59. The van der Waals surface area contributed by atoms with Gasteiger partial charge in [-0.25, -0.2) is 0 Å². The summed E-state index contributed by atoms with van der Waals surface area (Å²) in [6.45, 7) is 2.51. The topological polar surface area (TPSA) is 26.3 Å². The van der Waals surface area contributed by atoms with Crippen molar-refractivity contribution in [3.63, 3.8) is 0 Å². The number of carbonyl (C=O) groups excluding carboxylic acids is 1. The number of methoxy groups -OCH3 is 1. The summed E-state index contributed by atoms with van der Waals surface area (Å²) in [5.41, 5.74) is 0. The van der Waals surface area contributed by atoms with Gasteiger partial charge in [0.1, 0.15) is 0 Å². The van der Waals surface area contributed by atoms with Crippen molar-refractivity contribution in [1.29, 1.82) is 0 Å². The molecule has 0 heterocycles. The lowest BCUT2D eigenvalue weighted by Crippen LogP contribution is -1.95. The maximum absolute atomic E-state index is 10.8. The third-order valence-electron chi connectivity index (χ3n) is 1.12. The van der Waals surface area contributed by atoms with Gasteiger partial charge in [0, 0.05) is 20.1 Å². The van der Waals surface area contributed by atoms with E-state index in [9.17, 15) is 4.79 Å². The number of ketones is 1. The molecule has 0 unspecified atom stereocenters. The van der Waals surface area contributed by atoms with Crippen molar-refractivity contribution in [1.82, 2.24) is 0 Å². The van der Waals surface area contributed by atoms with Crippen LogP contribution in [0.2, 0.25) is 0 Å². The molecule has 2 heteroatoms. The van der Waals surface area contributed by atoms with Crippen molar-refractivity contribution in [2.45, 2.75) is 19.8 Å². The Morgan fingerprint density at radius 3 is 2.80 bits per heavy atom. The molecule has 0 aliphatic rings. The highest BCUT2D eigenvalue weighted by Crippen LogP contribution is 1.91. The molecular formula is C8H14O2. The first-order valence-electron chi connectivity index (χ1n) is 3.45. The summed E-state index contributed by atoms with van der Waals surface area (Å²) in [5, 5.41) is 0. The van der Waals surface area contributed by atoms with Crippen LogP contribution in [0.5, 0.6) is 0 Å². The lowest BCUT2D eigenvalue weighted by molar-refractivity contribution is -0.114. The SMILES string of the molecule is C/C=C/C(=O)CCCOC. The molecule has 0 saturated carbocycles.